The Morgan fingerprint density at radius 3 is 2.18 bits per heavy atom. The fraction of sp³-hybridized carbons (Fsp3) is 0.469. The number of nitrogens with one attached hydrogen (secondary N) is 2. The molecule has 0 heterocycles. The molecule has 39 heavy (non-hydrogen) atoms. The van der Waals surface area contributed by atoms with Crippen LogP contribution >= 0.6 is 0 Å². The van der Waals surface area contributed by atoms with E-state index in [0.29, 0.717) is 30.6 Å². The van der Waals surface area contributed by atoms with Gasteiger partial charge in [0.1, 0.15) is 17.7 Å². The molecule has 3 amide bonds. The zero-order valence-electron chi connectivity index (χ0n) is 24.1. The molecule has 0 saturated heterocycles. The Morgan fingerprint density at radius 1 is 1.00 bits per heavy atom. The van der Waals surface area contributed by atoms with Crippen molar-refractivity contribution < 1.29 is 19.1 Å². The quantitative estimate of drug-likeness (QED) is 0.275. The smallest absolute Gasteiger partial charge is 0.408 e. The molecule has 0 aromatic heterocycles. The number of amides is 3. The van der Waals surface area contributed by atoms with Gasteiger partial charge in [-0.2, -0.15) is 0 Å². The van der Waals surface area contributed by atoms with Crippen LogP contribution in [0.5, 0.6) is 0 Å². The van der Waals surface area contributed by atoms with Gasteiger partial charge in [0.2, 0.25) is 11.8 Å². The van der Waals surface area contributed by atoms with E-state index < -0.39 is 23.8 Å². The number of hydrogen-bond donors (Lipinski definition) is 2. The molecule has 0 radical (unpaired) electrons. The van der Waals surface area contributed by atoms with Crippen LogP contribution < -0.4 is 10.6 Å². The van der Waals surface area contributed by atoms with E-state index in [1.807, 2.05) is 44.2 Å². The standard InChI is InChI=1S/C32H43N3O4/c1-8-10-14-21-35(30(37)27(23(3)4)34-31(38)39-32(5,6)7)28(26-19-17-24(9-2)18-20-26)29(36)33-22-25-15-12-11-13-16-25/h2,11-13,15-20,23,27-28H,8,10,14,21-22H2,1,3-7H3,(H,33,36)(H,34,38). The first-order chi connectivity index (χ1) is 18.5. The SMILES string of the molecule is C#Cc1ccc(C(C(=O)NCc2ccccc2)N(CCCCC)C(=O)C(NC(=O)OC(C)(C)C)C(C)C)cc1. The van der Waals surface area contributed by atoms with Crippen molar-refractivity contribution in [3.8, 4) is 12.3 Å². The summed E-state index contributed by atoms with van der Waals surface area (Å²) in [6.45, 7) is 11.8. The van der Waals surface area contributed by atoms with Gasteiger partial charge >= 0.3 is 6.09 Å². The fourth-order valence-electron chi connectivity index (χ4n) is 4.14. The number of unbranched alkanes of at least 4 members (excludes halogenated alkanes) is 2. The molecule has 2 aromatic carbocycles. The minimum absolute atomic E-state index is 0.240. The van der Waals surface area contributed by atoms with Gasteiger partial charge in [0, 0.05) is 18.7 Å². The molecule has 0 fully saturated rings. The number of alkyl carbamates (subject to hydrolysis) is 1. The Hall–Kier alpha value is -3.79. The average Bonchev–Trinajstić information content (AvgIpc) is 2.89. The molecule has 0 spiro atoms. The van der Waals surface area contributed by atoms with Crippen molar-refractivity contribution in [2.75, 3.05) is 6.54 Å². The molecule has 0 aliphatic carbocycles. The van der Waals surface area contributed by atoms with E-state index in [9.17, 15) is 14.4 Å². The number of ether oxygens (including phenoxy) is 1. The van der Waals surface area contributed by atoms with Gasteiger partial charge in [0.15, 0.2) is 0 Å². The highest BCUT2D eigenvalue weighted by Gasteiger charge is 2.37. The number of carbonyl (C=O) groups is 3. The predicted molar refractivity (Wildman–Crippen MR) is 155 cm³/mol. The summed E-state index contributed by atoms with van der Waals surface area (Å²) < 4.78 is 5.43. The van der Waals surface area contributed by atoms with Gasteiger partial charge in [-0.1, -0.05) is 82.0 Å². The molecule has 0 bridgehead atoms. The lowest BCUT2D eigenvalue weighted by Gasteiger charge is -2.35. The van der Waals surface area contributed by atoms with Crippen molar-refractivity contribution >= 4 is 17.9 Å². The van der Waals surface area contributed by atoms with Crippen LogP contribution in [0.4, 0.5) is 4.79 Å². The summed E-state index contributed by atoms with van der Waals surface area (Å²) in [6, 6.07) is 14.9. The van der Waals surface area contributed by atoms with Crippen molar-refractivity contribution in [2.45, 2.75) is 85.0 Å². The Kier molecular flexibility index (Phi) is 12.1. The van der Waals surface area contributed by atoms with E-state index >= 15 is 0 Å². The molecule has 7 nitrogen and oxygen atoms in total. The van der Waals surface area contributed by atoms with Crippen LogP contribution in [0.15, 0.2) is 54.6 Å². The molecule has 7 heteroatoms. The molecule has 2 unspecified atom stereocenters. The Labute approximate surface area is 233 Å². The molecule has 2 atom stereocenters. The molecular formula is C32H43N3O4. The number of rotatable bonds is 12. The van der Waals surface area contributed by atoms with Crippen molar-refractivity contribution in [3.63, 3.8) is 0 Å². The molecule has 210 valence electrons. The first-order valence-corrected chi connectivity index (χ1v) is 13.6. The van der Waals surface area contributed by atoms with Crippen LogP contribution in [-0.2, 0) is 20.9 Å². The normalized spacial score (nSPS) is 12.7. The fourth-order valence-corrected chi connectivity index (χ4v) is 4.14. The lowest BCUT2D eigenvalue weighted by molar-refractivity contribution is -0.143. The third kappa shape index (κ3) is 10.1. The summed E-state index contributed by atoms with van der Waals surface area (Å²) in [6.07, 6.45) is 7.44. The van der Waals surface area contributed by atoms with Crippen molar-refractivity contribution in [1.29, 1.82) is 0 Å². The van der Waals surface area contributed by atoms with Gasteiger partial charge in [-0.15, -0.1) is 6.42 Å². The number of carbonyl (C=O) groups excluding carboxylic acids is 3. The zero-order valence-corrected chi connectivity index (χ0v) is 24.1. The van der Waals surface area contributed by atoms with E-state index in [-0.39, 0.29) is 17.7 Å². The van der Waals surface area contributed by atoms with E-state index in [4.69, 9.17) is 11.2 Å². The van der Waals surface area contributed by atoms with Crippen LogP contribution in [0.25, 0.3) is 0 Å². The number of benzene rings is 2. The molecule has 0 aliphatic heterocycles. The molecule has 2 N–H and O–H groups in total. The topological polar surface area (TPSA) is 87.7 Å². The first kappa shape index (κ1) is 31.4. The van der Waals surface area contributed by atoms with Gasteiger partial charge in [0.05, 0.1) is 0 Å². The Balaban J connectivity index is 2.47. The molecule has 0 saturated carbocycles. The van der Waals surface area contributed by atoms with Crippen molar-refractivity contribution in [1.82, 2.24) is 15.5 Å². The Bertz CT molecular complexity index is 1110. The van der Waals surface area contributed by atoms with Crippen LogP contribution in [0.1, 0.15) is 83.5 Å². The number of nitrogens with zero attached hydrogens (tertiary/aromatic N) is 1. The van der Waals surface area contributed by atoms with Gasteiger partial charge in [0.25, 0.3) is 0 Å². The van der Waals surface area contributed by atoms with Gasteiger partial charge in [-0.05, 0) is 56.4 Å². The van der Waals surface area contributed by atoms with Crippen molar-refractivity contribution in [3.05, 3.63) is 71.3 Å². The second-order valence-electron chi connectivity index (χ2n) is 11.0. The van der Waals surface area contributed by atoms with Gasteiger partial charge in [-0.25, -0.2) is 4.79 Å². The lowest BCUT2D eigenvalue weighted by atomic mass is 9.97. The molecular weight excluding hydrogens is 490 g/mol. The maximum absolute atomic E-state index is 14.1. The summed E-state index contributed by atoms with van der Waals surface area (Å²) in [5.41, 5.74) is 1.55. The molecule has 0 aliphatic rings. The van der Waals surface area contributed by atoms with E-state index in [2.05, 4.69) is 23.5 Å². The predicted octanol–water partition coefficient (Wildman–Crippen LogP) is 5.59. The number of hydrogen-bond acceptors (Lipinski definition) is 4. The van der Waals surface area contributed by atoms with E-state index in [0.717, 1.165) is 18.4 Å². The second kappa shape index (κ2) is 15.0. The minimum atomic E-state index is -0.911. The second-order valence-corrected chi connectivity index (χ2v) is 11.0. The first-order valence-electron chi connectivity index (χ1n) is 13.6. The maximum atomic E-state index is 14.1. The highest BCUT2D eigenvalue weighted by Crippen LogP contribution is 2.25. The lowest BCUT2D eigenvalue weighted by Crippen LogP contribution is -2.55. The summed E-state index contributed by atoms with van der Waals surface area (Å²) in [5.74, 6) is 1.71. The maximum Gasteiger partial charge on any atom is 0.408 e. The highest BCUT2D eigenvalue weighted by molar-refractivity contribution is 5.92. The third-order valence-electron chi connectivity index (χ3n) is 6.15. The zero-order chi connectivity index (χ0) is 29.0. The average molecular weight is 534 g/mol. The highest BCUT2D eigenvalue weighted by atomic mass is 16.6. The monoisotopic (exact) mass is 533 g/mol. The Morgan fingerprint density at radius 2 is 1.64 bits per heavy atom. The largest absolute Gasteiger partial charge is 0.444 e. The van der Waals surface area contributed by atoms with Crippen LogP contribution in [0, 0.1) is 18.3 Å². The van der Waals surface area contributed by atoms with Gasteiger partial charge in [-0.3, -0.25) is 9.59 Å². The summed E-state index contributed by atoms with van der Waals surface area (Å²) in [4.78, 5) is 42.2. The van der Waals surface area contributed by atoms with E-state index in [1.165, 1.54) is 0 Å². The third-order valence-corrected chi connectivity index (χ3v) is 6.15. The van der Waals surface area contributed by atoms with Gasteiger partial charge < -0.3 is 20.3 Å². The summed E-state index contributed by atoms with van der Waals surface area (Å²) in [5, 5.41) is 5.76. The van der Waals surface area contributed by atoms with Crippen LogP contribution in [0.3, 0.4) is 0 Å². The van der Waals surface area contributed by atoms with E-state index in [1.54, 1.807) is 49.9 Å². The van der Waals surface area contributed by atoms with Crippen molar-refractivity contribution in [2.24, 2.45) is 5.92 Å². The van der Waals surface area contributed by atoms with Crippen LogP contribution in [0.2, 0.25) is 0 Å². The summed E-state index contributed by atoms with van der Waals surface area (Å²) in [7, 11) is 0. The minimum Gasteiger partial charge on any atom is -0.444 e. The summed E-state index contributed by atoms with van der Waals surface area (Å²) >= 11 is 0. The molecule has 2 rings (SSSR count). The van der Waals surface area contributed by atoms with Crippen LogP contribution in [-0.4, -0.2) is 41.0 Å². The number of terminal acetylenes is 1. The molecule has 2 aromatic rings.